The van der Waals surface area contributed by atoms with E-state index in [2.05, 4.69) is 11.1 Å². The first-order valence-electron chi connectivity index (χ1n) is 13.5. The Bertz CT molecular complexity index is 1460. The number of piperidine rings is 1. The van der Waals surface area contributed by atoms with Gasteiger partial charge in [0.1, 0.15) is 5.76 Å². The molecule has 0 saturated carbocycles. The van der Waals surface area contributed by atoms with Gasteiger partial charge in [0, 0.05) is 75.3 Å². The van der Waals surface area contributed by atoms with Gasteiger partial charge >= 0.3 is 0 Å². The Morgan fingerprint density at radius 1 is 1.15 bits per heavy atom. The highest BCUT2D eigenvalue weighted by Gasteiger charge is 2.49. The second-order valence-electron chi connectivity index (χ2n) is 11.1. The summed E-state index contributed by atoms with van der Waals surface area (Å²) in [7, 11) is 0. The molecule has 1 aromatic heterocycles. The predicted molar refractivity (Wildman–Crippen MR) is 147 cm³/mol. The lowest BCUT2D eigenvalue weighted by Gasteiger charge is -2.39. The van der Waals surface area contributed by atoms with Gasteiger partial charge in [-0.15, -0.1) is 0 Å². The topological polar surface area (TPSA) is 113 Å². The van der Waals surface area contributed by atoms with Crippen LogP contribution in [0.2, 0.25) is 0 Å². The average Bonchev–Trinajstić information content (AvgIpc) is 3.60. The van der Waals surface area contributed by atoms with Crippen LogP contribution in [-0.4, -0.2) is 53.8 Å². The molecule has 3 amide bonds. The Kier molecular flexibility index (Phi) is 6.16. The van der Waals surface area contributed by atoms with Crippen molar-refractivity contribution in [3.63, 3.8) is 0 Å². The Morgan fingerprint density at radius 2 is 1.95 bits per heavy atom. The molecule has 2 N–H and O–H groups in total. The first kappa shape index (κ1) is 25.2. The molecule has 0 radical (unpaired) electrons. The summed E-state index contributed by atoms with van der Waals surface area (Å²) in [4.78, 5) is 48.7. The number of likely N-dealkylation sites (tertiary alicyclic amines) is 1. The highest BCUT2D eigenvalue weighted by atomic mass is 16.4. The Hall–Kier alpha value is -4.14. The van der Waals surface area contributed by atoms with Gasteiger partial charge in [0.25, 0.3) is 0 Å². The van der Waals surface area contributed by atoms with Crippen molar-refractivity contribution in [3.05, 3.63) is 71.4 Å². The summed E-state index contributed by atoms with van der Waals surface area (Å²) in [6.45, 7) is 5.65. The van der Waals surface area contributed by atoms with Crippen molar-refractivity contribution >= 4 is 34.8 Å². The van der Waals surface area contributed by atoms with Crippen molar-refractivity contribution in [2.45, 2.75) is 44.9 Å². The predicted octanol–water partition coefficient (Wildman–Crippen LogP) is 3.44. The van der Waals surface area contributed by atoms with Crippen molar-refractivity contribution in [1.29, 1.82) is 0 Å². The molecule has 3 aliphatic heterocycles. The molecular weight excluding hydrogens is 494 g/mol. The zero-order valence-electron chi connectivity index (χ0n) is 22.4. The first-order chi connectivity index (χ1) is 18.7. The third kappa shape index (κ3) is 4.56. The van der Waals surface area contributed by atoms with Gasteiger partial charge in [0.05, 0.1) is 12.1 Å². The number of nitrogen functional groups attached to an aromatic ring is 1. The number of oxazole rings is 1. The van der Waals surface area contributed by atoms with E-state index in [1.54, 1.807) is 30.2 Å². The summed E-state index contributed by atoms with van der Waals surface area (Å²) in [6.07, 6.45) is 4.11. The second-order valence-corrected chi connectivity index (χ2v) is 11.1. The Balaban J connectivity index is 1.29. The standard InChI is InChI=1S/C30H33N5O4/c1-19-32-16-25(39-19)12-21-6-7-27-26(13-21)30(8-10-33(11-9-30)20(2)36)18-35(27)29(38)22-14-28(37)34(17-22)24-5-3-4-23(31)15-24/h3-7,13,15-16,22H,8-12,14,17-18,31H2,1-2H3. The summed E-state index contributed by atoms with van der Waals surface area (Å²) >= 11 is 0. The molecule has 0 aliphatic carbocycles. The van der Waals surface area contributed by atoms with E-state index in [9.17, 15) is 14.4 Å². The maximum absolute atomic E-state index is 14.0. The number of benzene rings is 2. The third-order valence-electron chi connectivity index (χ3n) is 8.52. The summed E-state index contributed by atoms with van der Waals surface area (Å²) < 4.78 is 5.71. The molecule has 2 aromatic carbocycles. The van der Waals surface area contributed by atoms with E-state index in [1.165, 1.54) is 0 Å². The van der Waals surface area contributed by atoms with Crippen LogP contribution < -0.4 is 15.5 Å². The molecule has 1 unspecified atom stereocenters. The molecule has 1 atom stereocenters. The second kappa shape index (κ2) is 9.55. The van der Waals surface area contributed by atoms with Gasteiger partial charge in [0.15, 0.2) is 5.89 Å². The number of aromatic nitrogens is 1. The number of nitrogens with two attached hydrogens (primary N) is 1. The third-order valence-corrected chi connectivity index (χ3v) is 8.52. The lowest BCUT2D eigenvalue weighted by molar-refractivity contribution is -0.130. The molecule has 2 fully saturated rings. The molecule has 0 bridgehead atoms. The highest BCUT2D eigenvalue weighted by Crippen LogP contribution is 2.48. The number of hydrogen-bond donors (Lipinski definition) is 1. The molecule has 1 spiro atoms. The average molecular weight is 528 g/mol. The van der Waals surface area contributed by atoms with E-state index >= 15 is 0 Å². The fraction of sp³-hybridized carbons (Fsp3) is 0.400. The SMILES string of the molecule is CC(=O)N1CCC2(CC1)CN(C(=O)C1CC(=O)N(c3cccc(N)c3)C1)c1ccc(Cc3cnc(C)o3)cc12. The molecule has 6 rings (SSSR count). The molecular formula is C30H33N5O4. The summed E-state index contributed by atoms with van der Waals surface area (Å²) in [6, 6.07) is 13.5. The number of rotatable bonds is 4. The lowest BCUT2D eigenvalue weighted by Crippen LogP contribution is -2.48. The number of amides is 3. The van der Waals surface area contributed by atoms with Crippen LogP contribution in [0.3, 0.4) is 0 Å². The van der Waals surface area contributed by atoms with Crippen LogP contribution in [0.5, 0.6) is 0 Å². The van der Waals surface area contributed by atoms with Crippen LogP contribution >= 0.6 is 0 Å². The highest BCUT2D eigenvalue weighted by molar-refractivity contribution is 6.05. The van der Waals surface area contributed by atoms with Gasteiger partial charge in [-0.1, -0.05) is 18.2 Å². The summed E-state index contributed by atoms with van der Waals surface area (Å²) in [5.41, 5.74) is 10.2. The van der Waals surface area contributed by atoms with E-state index in [4.69, 9.17) is 10.2 Å². The number of hydrogen-bond acceptors (Lipinski definition) is 6. The van der Waals surface area contributed by atoms with Gasteiger partial charge in [0.2, 0.25) is 17.7 Å². The van der Waals surface area contributed by atoms with Crippen LogP contribution in [0.1, 0.15) is 49.0 Å². The van der Waals surface area contributed by atoms with E-state index < -0.39 is 5.92 Å². The van der Waals surface area contributed by atoms with E-state index in [1.807, 2.05) is 41.0 Å². The van der Waals surface area contributed by atoms with Crippen LogP contribution in [0.25, 0.3) is 0 Å². The zero-order valence-corrected chi connectivity index (χ0v) is 22.4. The Labute approximate surface area is 227 Å². The first-order valence-corrected chi connectivity index (χ1v) is 13.5. The van der Waals surface area contributed by atoms with E-state index in [-0.39, 0.29) is 29.6 Å². The molecule has 4 heterocycles. The molecule has 9 heteroatoms. The van der Waals surface area contributed by atoms with Gasteiger partial charge < -0.3 is 24.9 Å². The number of fused-ring (bicyclic) bond motifs is 2. The minimum absolute atomic E-state index is 0.0273. The number of anilines is 3. The number of carbonyl (C=O) groups is 3. The van der Waals surface area contributed by atoms with Crippen molar-refractivity contribution in [2.24, 2.45) is 5.92 Å². The van der Waals surface area contributed by atoms with Gasteiger partial charge in [-0.25, -0.2) is 4.98 Å². The largest absolute Gasteiger partial charge is 0.446 e. The minimum atomic E-state index is -0.434. The van der Waals surface area contributed by atoms with Crippen molar-refractivity contribution < 1.29 is 18.8 Å². The van der Waals surface area contributed by atoms with Crippen LogP contribution in [-0.2, 0) is 26.2 Å². The fourth-order valence-corrected chi connectivity index (χ4v) is 6.42. The van der Waals surface area contributed by atoms with Crippen molar-refractivity contribution in [1.82, 2.24) is 9.88 Å². The van der Waals surface area contributed by atoms with Gasteiger partial charge in [-0.2, -0.15) is 0 Å². The normalized spacial score (nSPS) is 20.1. The van der Waals surface area contributed by atoms with Gasteiger partial charge in [-0.05, 0) is 48.2 Å². The van der Waals surface area contributed by atoms with Crippen LogP contribution in [0, 0.1) is 12.8 Å². The molecule has 9 nitrogen and oxygen atoms in total. The number of nitrogens with zero attached hydrogens (tertiary/aromatic N) is 4. The number of aryl methyl sites for hydroxylation is 1. The molecule has 202 valence electrons. The minimum Gasteiger partial charge on any atom is -0.446 e. The van der Waals surface area contributed by atoms with E-state index in [0.717, 1.165) is 41.1 Å². The molecule has 3 aliphatic rings. The maximum Gasteiger partial charge on any atom is 0.232 e. The Morgan fingerprint density at radius 3 is 2.64 bits per heavy atom. The summed E-state index contributed by atoms with van der Waals surface area (Å²) in [5.74, 6) is 0.980. The molecule has 2 saturated heterocycles. The maximum atomic E-state index is 14.0. The van der Waals surface area contributed by atoms with E-state index in [0.29, 0.717) is 44.2 Å². The van der Waals surface area contributed by atoms with Gasteiger partial charge in [-0.3, -0.25) is 14.4 Å². The van der Waals surface area contributed by atoms with Crippen molar-refractivity contribution in [2.75, 3.05) is 41.7 Å². The smallest absolute Gasteiger partial charge is 0.232 e. The fourth-order valence-electron chi connectivity index (χ4n) is 6.42. The molecule has 3 aromatic rings. The monoisotopic (exact) mass is 527 g/mol. The lowest BCUT2D eigenvalue weighted by atomic mass is 9.74. The number of carbonyl (C=O) groups excluding carboxylic acids is 3. The molecule has 39 heavy (non-hydrogen) atoms. The van der Waals surface area contributed by atoms with Crippen molar-refractivity contribution in [3.8, 4) is 0 Å². The summed E-state index contributed by atoms with van der Waals surface area (Å²) in [5, 5.41) is 0. The van der Waals surface area contributed by atoms with Crippen LogP contribution in [0.15, 0.2) is 53.1 Å². The zero-order chi connectivity index (χ0) is 27.3. The quantitative estimate of drug-likeness (QED) is 0.520. The van der Waals surface area contributed by atoms with Crippen LogP contribution in [0.4, 0.5) is 17.1 Å².